The van der Waals surface area contributed by atoms with Crippen LogP contribution >= 0.6 is 0 Å². The van der Waals surface area contributed by atoms with Crippen LogP contribution in [0, 0.1) is 12.3 Å². The van der Waals surface area contributed by atoms with Crippen molar-refractivity contribution >= 4 is 11.6 Å². The molecule has 1 aliphatic rings. The van der Waals surface area contributed by atoms with Gasteiger partial charge in [0, 0.05) is 17.5 Å². The van der Waals surface area contributed by atoms with Gasteiger partial charge in [0.15, 0.2) is 5.78 Å². The van der Waals surface area contributed by atoms with Crippen LogP contribution in [0.4, 0.5) is 0 Å². The molecular formula is C15H20N2O. The highest BCUT2D eigenvalue weighted by Gasteiger charge is 2.24. The van der Waals surface area contributed by atoms with Crippen LogP contribution in [0.25, 0.3) is 0 Å². The third-order valence-electron chi connectivity index (χ3n) is 3.85. The van der Waals surface area contributed by atoms with Crippen molar-refractivity contribution in [1.29, 1.82) is 5.41 Å². The molecule has 1 aliphatic carbocycles. The number of hydrogen-bond donors (Lipinski definition) is 2. The minimum absolute atomic E-state index is 0.0713. The van der Waals surface area contributed by atoms with E-state index >= 15 is 0 Å². The first-order chi connectivity index (χ1) is 8.54. The first-order valence-electron chi connectivity index (χ1n) is 6.56. The van der Waals surface area contributed by atoms with Gasteiger partial charge < -0.3 is 5.73 Å². The van der Waals surface area contributed by atoms with E-state index in [1.165, 1.54) is 19.3 Å². The fourth-order valence-corrected chi connectivity index (χ4v) is 2.51. The summed E-state index contributed by atoms with van der Waals surface area (Å²) in [5.41, 5.74) is 9.29. The molecule has 1 aromatic rings. The molecule has 0 spiro atoms. The average Bonchev–Trinajstić information content (AvgIpc) is 2.25. The fraction of sp³-hybridized carbons (Fsp3) is 0.467. The van der Waals surface area contributed by atoms with Gasteiger partial charge in [-0.15, -0.1) is 0 Å². The van der Waals surface area contributed by atoms with Gasteiger partial charge in [0.2, 0.25) is 0 Å². The molecule has 0 atom stereocenters. The summed E-state index contributed by atoms with van der Waals surface area (Å²) in [5.74, 6) is 0.714. The number of carbonyl (C=O) groups excluding carboxylic acids is 1. The van der Waals surface area contributed by atoms with Crippen molar-refractivity contribution in [3.63, 3.8) is 0 Å². The Morgan fingerprint density at radius 3 is 2.50 bits per heavy atom. The van der Waals surface area contributed by atoms with E-state index in [2.05, 4.69) is 6.07 Å². The normalized spacial score (nSPS) is 15.2. The second kappa shape index (κ2) is 4.92. The molecule has 3 N–H and O–H groups in total. The van der Waals surface area contributed by atoms with Crippen molar-refractivity contribution < 1.29 is 4.79 Å². The molecule has 3 heteroatoms. The van der Waals surface area contributed by atoms with E-state index in [1.807, 2.05) is 19.9 Å². The number of aryl methyl sites for hydroxylation is 1. The van der Waals surface area contributed by atoms with Crippen molar-refractivity contribution in [3.8, 4) is 0 Å². The summed E-state index contributed by atoms with van der Waals surface area (Å²) in [6, 6.07) is 3.88. The lowest BCUT2D eigenvalue weighted by Gasteiger charge is -2.28. The summed E-state index contributed by atoms with van der Waals surface area (Å²) in [6.45, 7) is 3.82. The lowest BCUT2D eigenvalue weighted by molar-refractivity contribution is 0.0987. The van der Waals surface area contributed by atoms with Crippen LogP contribution in [0.1, 0.15) is 65.6 Å². The second-order valence-corrected chi connectivity index (χ2v) is 5.07. The van der Waals surface area contributed by atoms with E-state index in [0.29, 0.717) is 17.9 Å². The smallest absolute Gasteiger partial charge is 0.162 e. The minimum Gasteiger partial charge on any atom is -0.384 e. The number of ketones is 1. The quantitative estimate of drug-likeness (QED) is 0.485. The van der Waals surface area contributed by atoms with Crippen molar-refractivity contribution in [2.24, 2.45) is 5.73 Å². The van der Waals surface area contributed by atoms with Crippen molar-refractivity contribution in [2.75, 3.05) is 0 Å². The van der Waals surface area contributed by atoms with Gasteiger partial charge in [0.1, 0.15) is 5.84 Å². The Balaban J connectivity index is 2.51. The number of nitrogens with one attached hydrogen (secondary N) is 1. The minimum atomic E-state index is 0.0713. The largest absolute Gasteiger partial charge is 0.384 e. The van der Waals surface area contributed by atoms with E-state index in [9.17, 15) is 4.79 Å². The zero-order valence-corrected chi connectivity index (χ0v) is 11.0. The standard InChI is InChI=1S/C15H20N2O/c1-3-14(18)11-8-13(15(16)17)12(7-9(11)2)10-5-4-6-10/h7-8,10H,3-6H2,1-2H3,(H3,16,17). The highest BCUT2D eigenvalue weighted by atomic mass is 16.1. The van der Waals surface area contributed by atoms with Crippen LogP contribution in [0.2, 0.25) is 0 Å². The second-order valence-electron chi connectivity index (χ2n) is 5.07. The van der Waals surface area contributed by atoms with Gasteiger partial charge in [-0.3, -0.25) is 10.2 Å². The number of hydrogen-bond acceptors (Lipinski definition) is 2. The molecule has 0 heterocycles. The van der Waals surface area contributed by atoms with Crippen LogP contribution in [0.3, 0.4) is 0 Å². The maximum atomic E-state index is 11.9. The van der Waals surface area contributed by atoms with E-state index in [4.69, 9.17) is 11.1 Å². The average molecular weight is 244 g/mol. The molecule has 0 unspecified atom stereocenters. The molecule has 0 bridgehead atoms. The molecule has 1 saturated carbocycles. The lowest BCUT2D eigenvalue weighted by atomic mass is 9.76. The van der Waals surface area contributed by atoms with Crippen molar-refractivity contribution in [2.45, 2.75) is 45.4 Å². The molecule has 3 nitrogen and oxygen atoms in total. The maximum absolute atomic E-state index is 11.9. The van der Waals surface area contributed by atoms with Gasteiger partial charge in [-0.1, -0.05) is 19.4 Å². The zero-order valence-electron chi connectivity index (χ0n) is 11.0. The SMILES string of the molecule is CCC(=O)c1cc(C(=N)N)c(C2CCC2)cc1C. The first-order valence-corrected chi connectivity index (χ1v) is 6.56. The molecule has 18 heavy (non-hydrogen) atoms. The van der Waals surface area contributed by atoms with E-state index in [-0.39, 0.29) is 11.6 Å². The highest BCUT2D eigenvalue weighted by molar-refractivity contribution is 6.02. The zero-order chi connectivity index (χ0) is 13.3. The predicted molar refractivity (Wildman–Crippen MR) is 73.4 cm³/mol. The molecule has 0 radical (unpaired) electrons. The highest BCUT2D eigenvalue weighted by Crippen LogP contribution is 2.39. The van der Waals surface area contributed by atoms with Gasteiger partial charge >= 0.3 is 0 Å². The van der Waals surface area contributed by atoms with Crippen LogP contribution < -0.4 is 5.73 Å². The predicted octanol–water partition coefficient (Wildman–Crippen LogP) is 3.14. The summed E-state index contributed by atoms with van der Waals surface area (Å²) < 4.78 is 0. The Labute approximate surface area is 108 Å². The number of amidine groups is 1. The Morgan fingerprint density at radius 1 is 1.39 bits per heavy atom. The number of rotatable bonds is 4. The molecule has 0 aromatic heterocycles. The van der Waals surface area contributed by atoms with Crippen molar-refractivity contribution in [3.05, 3.63) is 34.4 Å². The van der Waals surface area contributed by atoms with Crippen molar-refractivity contribution in [1.82, 2.24) is 0 Å². The van der Waals surface area contributed by atoms with Crippen LogP contribution in [-0.4, -0.2) is 11.6 Å². The van der Waals surface area contributed by atoms with Gasteiger partial charge in [-0.25, -0.2) is 0 Å². The summed E-state index contributed by atoms with van der Waals surface area (Å²) in [5, 5.41) is 7.70. The fourth-order valence-electron chi connectivity index (χ4n) is 2.51. The number of nitrogens with two attached hydrogens (primary N) is 1. The Bertz CT molecular complexity index is 501. The molecule has 0 saturated heterocycles. The molecule has 1 aromatic carbocycles. The van der Waals surface area contributed by atoms with Gasteiger partial charge in [-0.2, -0.15) is 0 Å². The van der Waals surface area contributed by atoms with E-state index in [0.717, 1.165) is 16.7 Å². The lowest BCUT2D eigenvalue weighted by Crippen LogP contribution is -2.20. The number of benzene rings is 1. The molecule has 0 aliphatic heterocycles. The topological polar surface area (TPSA) is 66.9 Å². The summed E-state index contributed by atoms with van der Waals surface area (Å²) >= 11 is 0. The molecule has 2 rings (SSSR count). The number of carbonyl (C=O) groups is 1. The van der Waals surface area contributed by atoms with E-state index in [1.54, 1.807) is 0 Å². The first kappa shape index (κ1) is 12.8. The third kappa shape index (κ3) is 2.17. The van der Waals surface area contributed by atoms with Gasteiger partial charge in [0.25, 0.3) is 0 Å². The Hall–Kier alpha value is -1.64. The molecule has 1 fully saturated rings. The summed E-state index contributed by atoms with van der Waals surface area (Å²) in [4.78, 5) is 11.9. The van der Waals surface area contributed by atoms with E-state index < -0.39 is 0 Å². The third-order valence-corrected chi connectivity index (χ3v) is 3.85. The Morgan fingerprint density at radius 2 is 2.06 bits per heavy atom. The van der Waals surface area contributed by atoms with Crippen LogP contribution in [0.5, 0.6) is 0 Å². The molecule has 0 amide bonds. The van der Waals surface area contributed by atoms with Crippen LogP contribution in [-0.2, 0) is 0 Å². The molecular weight excluding hydrogens is 224 g/mol. The number of Topliss-reactive ketones (excluding diaryl/α,β-unsaturated/α-hetero) is 1. The Kier molecular flexibility index (Phi) is 3.50. The summed E-state index contributed by atoms with van der Waals surface area (Å²) in [6.07, 6.45) is 4.07. The monoisotopic (exact) mass is 244 g/mol. The maximum Gasteiger partial charge on any atom is 0.162 e. The number of nitrogen functional groups attached to an aromatic ring is 1. The van der Waals surface area contributed by atoms with Gasteiger partial charge in [-0.05, 0) is 42.9 Å². The molecule has 96 valence electrons. The summed E-state index contributed by atoms with van der Waals surface area (Å²) in [7, 11) is 0. The van der Waals surface area contributed by atoms with Crippen LogP contribution in [0.15, 0.2) is 12.1 Å². The van der Waals surface area contributed by atoms with Gasteiger partial charge in [0.05, 0.1) is 0 Å².